The first-order valence-electron chi connectivity index (χ1n) is 5.35. The van der Waals surface area contributed by atoms with Gasteiger partial charge in [-0.2, -0.15) is 0 Å². The SMILES string of the molecule is Bc1cc(Br)cc(/C=N/c2ccc(Cl)cc2)c1O. The molecule has 0 bridgehead atoms. The molecule has 0 spiro atoms. The van der Waals surface area contributed by atoms with E-state index in [2.05, 4.69) is 20.9 Å². The summed E-state index contributed by atoms with van der Waals surface area (Å²) < 4.78 is 0.912. The molecule has 2 aromatic rings. The van der Waals surface area contributed by atoms with Crippen LogP contribution in [0.4, 0.5) is 5.69 Å². The highest BCUT2D eigenvalue weighted by Gasteiger charge is 2.03. The number of benzene rings is 2. The van der Waals surface area contributed by atoms with Gasteiger partial charge in [0.15, 0.2) is 0 Å². The van der Waals surface area contributed by atoms with Gasteiger partial charge in [-0.15, -0.1) is 0 Å². The molecule has 0 heterocycles. The Labute approximate surface area is 120 Å². The molecule has 0 aliphatic rings. The van der Waals surface area contributed by atoms with Gasteiger partial charge in [-0.05, 0) is 35.8 Å². The van der Waals surface area contributed by atoms with E-state index in [1.54, 1.807) is 18.3 Å². The van der Waals surface area contributed by atoms with Crippen molar-refractivity contribution >= 4 is 52.7 Å². The molecule has 0 unspecified atom stereocenters. The zero-order valence-corrected chi connectivity index (χ0v) is 12.0. The van der Waals surface area contributed by atoms with Crippen molar-refractivity contribution in [3.05, 3.63) is 51.5 Å². The Morgan fingerprint density at radius 2 is 1.89 bits per heavy atom. The van der Waals surface area contributed by atoms with Crippen LogP contribution in [0.3, 0.4) is 0 Å². The van der Waals surface area contributed by atoms with Gasteiger partial charge < -0.3 is 5.11 Å². The average Bonchev–Trinajstić information content (AvgIpc) is 2.34. The molecule has 0 fully saturated rings. The van der Waals surface area contributed by atoms with Gasteiger partial charge in [0.25, 0.3) is 0 Å². The molecule has 0 aromatic heterocycles. The summed E-state index contributed by atoms with van der Waals surface area (Å²) in [5, 5.41) is 10.6. The van der Waals surface area contributed by atoms with Crippen LogP contribution in [0.1, 0.15) is 5.56 Å². The van der Waals surface area contributed by atoms with Crippen LogP contribution in [-0.2, 0) is 0 Å². The molecule has 0 saturated carbocycles. The molecule has 90 valence electrons. The van der Waals surface area contributed by atoms with Crippen LogP contribution in [0.15, 0.2) is 45.9 Å². The summed E-state index contributed by atoms with van der Waals surface area (Å²) in [6.45, 7) is 0. The lowest BCUT2D eigenvalue weighted by molar-refractivity contribution is 0.478. The summed E-state index contributed by atoms with van der Waals surface area (Å²) in [5.41, 5.74) is 2.27. The van der Waals surface area contributed by atoms with Crippen molar-refractivity contribution in [1.29, 1.82) is 0 Å². The Balaban J connectivity index is 2.31. The Morgan fingerprint density at radius 1 is 1.22 bits per heavy atom. The second kappa shape index (κ2) is 5.59. The standard InChI is InChI=1S/C13H10BBrClNO/c14-12-6-9(15)5-8(13(12)18)7-17-11-3-1-10(16)2-4-11/h1-7,18H,14H2/b17-7+. The molecule has 0 aliphatic carbocycles. The van der Waals surface area contributed by atoms with Crippen molar-refractivity contribution in [2.24, 2.45) is 4.99 Å². The van der Waals surface area contributed by atoms with E-state index in [9.17, 15) is 5.11 Å². The summed E-state index contributed by atoms with van der Waals surface area (Å²) in [5.74, 6) is 0.246. The molecule has 0 amide bonds. The predicted octanol–water partition coefficient (Wildman–Crippen LogP) is 2.82. The number of phenols is 1. The quantitative estimate of drug-likeness (QED) is 0.669. The van der Waals surface area contributed by atoms with Crippen LogP contribution in [0.25, 0.3) is 0 Å². The van der Waals surface area contributed by atoms with Crippen molar-refractivity contribution in [3.8, 4) is 5.75 Å². The largest absolute Gasteiger partial charge is 0.508 e. The molecule has 0 saturated heterocycles. The molecule has 1 N–H and O–H groups in total. The maximum absolute atomic E-state index is 9.91. The zero-order valence-electron chi connectivity index (χ0n) is 9.69. The lowest BCUT2D eigenvalue weighted by atomic mass is 9.93. The Hall–Kier alpha value is -1.26. The molecule has 2 nitrogen and oxygen atoms in total. The number of hydrogen-bond acceptors (Lipinski definition) is 2. The smallest absolute Gasteiger partial charge is 0.144 e. The number of halogens is 2. The minimum atomic E-state index is 0.246. The van der Waals surface area contributed by atoms with Crippen LogP contribution < -0.4 is 5.46 Å². The number of aromatic hydroxyl groups is 1. The van der Waals surface area contributed by atoms with Gasteiger partial charge >= 0.3 is 0 Å². The van der Waals surface area contributed by atoms with Gasteiger partial charge in [-0.25, -0.2) is 0 Å². The second-order valence-electron chi connectivity index (χ2n) is 3.90. The first-order chi connectivity index (χ1) is 8.56. The number of aliphatic imine (C=N–C) groups is 1. The van der Waals surface area contributed by atoms with Gasteiger partial charge in [0.1, 0.15) is 13.6 Å². The van der Waals surface area contributed by atoms with E-state index < -0.39 is 0 Å². The van der Waals surface area contributed by atoms with E-state index in [0.717, 1.165) is 15.6 Å². The van der Waals surface area contributed by atoms with Gasteiger partial charge in [0.2, 0.25) is 0 Å². The number of nitrogens with zero attached hydrogens (tertiary/aromatic N) is 1. The van der Waals surface area contributed by atoms with E-state index >= 15 is 0 Å². The van der Waals surface area contributed by atoms with E-state index in [1.165, 1.54) is 0 Å². The van der Waals surface area contributed by atoms with Gasteiger partial charge in [-0.3, -0.25) is 4.99 Å². The summed E-state index contributed by atoms with van der Waals surface area (Å²) >= 11 is 9.19. The van der Waals surface area contributed by atoms with Gasteiger partial charge in [-0.1, -0.05) is 33.6 Å². The van der Waals surface area contributed by atoms with Crippen LogP contribution in [0, 0.1) is 0 Å². The molecular weight excluding hydrogens is 312 g/mol. The Morgan fingerprint density at radius 3 is 2.56 bits per heavy atom. The third-order valence-electron chi connectivity index (χ3n) is 2.47. The number of phenolic OH excluding ortho intramolecular Hbond substituents is 1. The molecule has 2 aromatic carbocycles. The Bertz CT molecular complexity index is 599. The molecule has 2 rings (SSSR count). The first kappa shape index (κ1) is 13.2. The number of rotatable bonds is 2. The molecule has 0 aliphatic heterocycles. The fourth-order valence-electron chi connectivity index (χ4n) is 1.53. The summed E-state index contributed by atoms with van der Waals surface area (Å²) in [6.07, 6.45) is 1.64. The summed E-state index contributed by atoms with van der Waals surface area (Å²) in [6, 6.07) is 10.9. The van der Waals surface area contributed by atoms with Crippen molar-refractivity contribution in [3.63, 3.8) is 0 Å². The lowest BCUT2D eigenvalue weighted by Gasteiger charge is -2.04. The Kier molecular flexibility index (Phi) is 4.09. The summed E-state index contributed by atoms with van der Waals surface area (Å²) in [7, 11) is 1.85. The highest BCUT2D eigenvalue weighted by Crippen LogP contribution is 2.20. The van der Waals surface area contributed by atoms with Crippen LogP contribution >= 0.6 is 27.5 Å². The fourth-order valence-corrected chi connectivity index (χ4v) is 2.25. The number of hydrogen-bond donors (Lipinski definition) is 1. The molecular formula is C13H10BBrClNO. The molecule has 18 heavy (non-hydrogen) atoms. The van der Waals surface area contributed by atoms with E-state index in [0.29, 0.717) is 10.6 Å². The van der Waals surface area contributed by atoms with Crippen molar-refractivity contribution in [1.82, 2.24) is 0 Å². The highest BCUT2D eigenvalue weighted by molar-refractivity contribution is 9.10. The van der Waals surface area contributed by atoms with Gasteiger partial charge in [0.05, 0.1) is 5.69 Å². The molecule has 5 heteroatoms. The normalized spacial score (nSPS) is 11.0. The first-order valence-corrected chi connectivity index (χ1v) is 6.52. The third-order valence-corrected chi connectivity index (χ3v) is 3.18. The van der Waals surface area contributed by atoms with Crippen molar-refractivity contribution < 1.29 is 5.11 Å². The summed E-state index contributed by atoms with van der Waals surface area (Å²) in [4.78, 5) is 4.30. The van der Waals surface area contributed by atoms with E-state index in [1.807, 2.05) is 32.1 Å². The average molecular weight is 322 g/mol. The molecule has 0 atom stereocenters. The minimum Gasteiger partial charge on any atom is -0.508 e. The van der Waals surface area contributed by atoms with Crippen LogP contribution in [-0.4, -0.2) is 19.2 Å². The third kappa shape index (κ3) is 3.15. The maximum atomic E-state index is 9.91. The predicted molar refractivity (Wildman–Crippen MR) is 82.7 cm³/mol. The van der Waals surface area contributed by atoms with Crippen molar-refractivity contribution in [2.45, 2.75) is 0 Å². The fraction of sp³-hybridized carbons (Fsp3) is 0. The van der Waals surface area contributed by atoms with Gasteiger partial charge in [0, 0.05) is 21.3 Å². The lowest BCUT2D eigenvalue weighted by Crippen LogP contribution is -2.05. The van der Waals surface area contributed by atoms with E-state index in [-0.39, 0.29) is 5.75 Å². The molecule has 0 radical (unpaired) electrons. The zero-order chi connectivity index (χ0) is 13.1. The van der Waals surface area contributed by atoms with Crippen molar-refractivity contribution in [2.75, 3.05) is 0 Å². The maximum Gasteiger partial charge on any atom is 0.144 e. The minimum absolute atomic E-state index is 0.246. The highest BCUT2D eigenvalue weighted by atomic mass is 79.9. The monoisotopic (exact) mass is 321 g/mol. The van der Waals surface area contributed by atoms with E-state index in [4.69, 9.17) is 11.6 Å². The van der Waals surface area contributed by atoms with Crippen LogP contribution in [0.2, 0.25) is 5.02 Å². The topological polar surface area (TPSA) is 32.6 Å². The second-order valence-corrected chi connectivity index (χ2v) is 5.25. The van der Waals surface area contributed by atoms with Crippen LogP contribution in [0.5, 0.6) is 5.75 Å².